The first-order valence-electron chi connectivity index (χ1n) is 12.2. The summed E-state index contributed by atoms with van der Waals surface area (Å²) in [4.78, 5) is 28.4. The van der Waals surface area contributed by atoms with E-state index in [1.54, 1.807) is 31.4 Å². The summed E-state index contributed by atoms with van der Waals surface area (Å²) in [7, 11) is -2.20. The minimum Gasteiger partial charge on any atom is -0.497 e. The van der Waals surface area contributed by atoms with Crippen molar-refractivity contribution in [1.29, 1.82) is 0 Å². The third-order valence-electron chi connectivity index (χ3n) is 6.42. The van der Waals surface area contributed by atoms with Gasteiger partial charge in [-0.2, -0.15) is 0 Å². The van der Waals surface area contributed by atoms with Gasteiger partial charge >= 0.3 is 0 Å². The zero-order valence-electron chi connectivity index (χ0n) is 22.4. The zero-order chi connectivity index (χ0) is 27.0. The average molecular weight is 518 g/mol. The molecule has 1 N–H and O–H groups in total. The number of hydrogen-bond donors (Lipinski definition) is 1. The van der Waals surface area contributed by atoms with Gasteiger partial charge in [-0.05, 0) is 68.5 Å². The predicted octanol–water partition coefficient (Wildman–Crippen LogP) is 3.80. The zero-order valence-corrected chi connectivity index (χ0v) is 23.2. The number of ether oxygens (including phenoxy) is 1. The lowest BCUT2D eigenvalue weighted by molar-refractivity contribution is -0.140. The van der Waals surface area contributed by atoms with Gasteiger partial charge < -0.3 is 15.0 Å². The van der Waals surface area contributed by atoms with E-state index in [1.165, 1.54) is 4.90 Å². The first-order valence-corrected chi connectivity index (χ1v) is 14.0. The molecule has 0 aliphatic carbocycles. The molecule has 0 heterocycles. The summed E-state index contributed by atoms with van der Waals surface area (Å²) in [6.45, 7) is 9.19. The van der Waals surface area contributed by atoms with Gasteiger partial charge in [0.05, 0.1) is 19.1 Å². The van der Waals surface area contributed by atoms with Crippen LogP contribution in [-0.4, -0.2) is 57.1 Å². The van der Waals surface area contributed by atoms with Crippen molar-refractivity contribution in [2.45, 2.75) is 66.1 Å². The fourth-order valence-electron chi connectivity index (χ4n) is 3.89. The Morgan fingerprint density at radius 2 is 1.67 bits per heavy atom. The molecule has 0 aliphatic rings. The Morgan fingerprint density at radius 1 is 1.03 bits per heavy atom. The van der Waals surface area contributed by atoms with Gasteiger partial charge in [-0.1, -0.05) is 38.1 Å². The summed E-state index contributed by atoms with van der Waals surface area (Å²) in [5, 5.41) is 2.97. The van der Waals surface area contributed by atoms with Gasteiger partial charge in [0.25, 0.3) is 0 Å². The summed E-state index contributed by atoms with van der Waals surface area (Å²) in [5.41, 5.74) is 2.95. The molecule has 0 aliphatic heterocycles. The van der Waals surface area contributed by atoms with Crippen LogP contribution in [0.5, 0.6) is 5.75 Å². The third-order valence-corrected chi connectivity index (χ3v) is 7.55. The maximum Gasteiger partial charge on any atom is 0.244 e. The number of sulfonamides is 1. The van der Waals surface area contributed by atoms with Gasteiger partial charge in [0.2, 0.25) is 21.8 Å². The molecular formula is C27H39N3O5S. The number of benzene rings is 2. The molecule has 2 amide bonds. The molecule has 2 unspecified atom stereocenters. The van der Waals surface area contributed by atoms with Crippen LogP contribution in [0.4, 0.5) is 5.69 Å². The average Bonchev–Trinajstić information content (AvgIpc) is 2.83. The van der Waals surface area contributed by atoms with Crippen molar-refractivity contribution >= 4 is 27.5 Å². The maximum atomic E-state index is 13.8. The van der Waals surface area contributed by atoms with Gasteiger partial charge in [-0.3, -0.25) is 13.9 Å². The molecule has 198 valence electrons. The van der Waals surface area contributed by atoms with E-state index >= 15 is 0 Å². The second kappa shape index (κ2) is 12.8. The standard InChI is InChI=1S/C27H39N3O5S/c1-8-20(4)28-27(32)24(9-2)29(17-22-13-15-23(35-6)16-14-22)26(31)18-30(36(7,33)34)25-12-10-11-19(3)21(25)5/h10-16,20,24H,8-9,17-18H2,1-7H3,(H,28,32). The molecule has 36 heavy (non-hydrogen) atoms. The van der Waals surface area contributed by atoms with Crippen molar-refractivity contribution in [3.8, 4) is 5.75 Å². The quantitative estimate of drug-likeness (QED) is 0.462. The van der Waals surface area contributed by atoms with Crippen LogP contribution in [0.1, 0.15) is 50.3 Å². The van der Waals surface area contributed by atoms with Crippen LogP contribution >= 0.6 is 0 Å². The fourth-order valence-corrected chi connectivity index (χ4v) is 4.79. The molecule has 0 radical (unpaired) electrons. The summed E-state index contributed by atoms with van der Waals surface area (Å²) in [6, 6.07) is 11.8. The Morgan fingerprint density at radius 3 is 2.19 bits per heavy atom. The molecule has 9 heteroatoms. The summed E-state index contributed by atoms with van der Waals surface area (Å²) in [5.74, 6) is -0.0361. The van der Waals surface area contributed by atoms with Crippen LogP contribution in [0, 0.1) is 13.8 Å². The topological polar surface area (TPSA) is 96.0 Å². The predicted molar refractivity (Wildman–Crippen MR) is 144 cm³/mol. The minimum absolute atomic E-state index is 0.0491. The molecule has 2 aromatic carbocycles. The number of rotatable bonds is 12. The summed E-state index contributed by atoms with van der Waals surface area (Å²) < 4.78 is 32.0. The highest BCUT2D eigenvalue weighted by atomic mass is 32.2. The number of anilines is 1. The number of carbonyl (C=O) groups excluding carboxylic acids is 2. The number of aryl methyl sites for hydroxylation is 1. The Labute approximate surface area is 215 Å². The largest absolute Gasteiger partial charge is 0.497 e. The number of amides is 2. The van der Waals surface area contributed by atoms with Gasteiger partial charge in [0.1, 0.15) is 18.3 Å². The Bertz CT molecular complexity index is 1150. The van der Waals surface area contributed by atoms with Gasteiger partial charge in [-0.25, -0.2) is 8.42 Å². The molecule has 0 saturated heterocycles. The Kier molecular flexibility index (Phi) is 10.3. The van der Waals surface area contributed by atoms with E-state index in [-0.39, 0.29) is 18.5 Å². The van der Waals surface area contributed by atoms with E-state index in [9.17, 15) is 18.0 Å². The normalized spacial score (nSPS) is 13.0. The molecule has 2 rings (SSSR count). The van der Waals surface area contributed by atoms with E-state index in [0.29, 0.717) is 17.9 Å². The highest BCUT2D eigenvalue weighted by Crippen LogP contribution is 2.26. The van der Waals surface area contributed by atoms with Crippen LogP contribution in [0.2, 0.25) is 0 Å². The molecule has 0 fully saturated rings. The Balaban J connectivity index is 2.48. The lowest BCUT2D eigenvalue weighted by atomic mass is 10.1. The van der Waals surface area contributed by atoms with Gasteiger partial charge in [-0.15, -0.1) is 0 Å². The number of nitrogens with zero attached hydrogens (tertiary/aromatic N) is 2. The lowest BCUT2D eigenvalue weighted by Gasteiger charge is -2.33. The van der Waals surface area contributed by atoms with Gasteiger partial charge in [0.15, 0.2) is 0 Å². The Hall–Kier alpha value is -3.07. The number of methoxy groups -OCH3 is 1. The van der Waals surface area contributed by atoms with E-state index in [4.69, 9.17) is 4.74 Å². The van der Waals surface area contributed by atoms with Crippen LogP contribution < -0.4 is 14.4 Å². The molecule has 0 spiro atoms. The lowest BCUT2D eigenvalue weighted by Crippen LogP contribution is -2.53. The molecule has 2 aromatic rings. The van der Waals surface area contributed by atoms with Crippen molar-refractivity contribution < 1.29 is 22.7 Å². The number of hydrogen-bond acceptors (Lipinski definition) is 5. The minimum atomic E-state index is -3.77. The molecule has 8 nitrogen and oxygen atoms in total. The smallest absolute Gasteiger partial charge is 0.244 e. The number of nitrogens with one attached hydrogen (secondary N) is 1. The van der Waals surface area contributed by atoms with E-state index in [1.807, 2.05) is 52.8 Å². The maximum absolute atomic E-state index is 13.8. The van der Waals surface area contributed by atoms with E-state index in [2.05, 4.69) is 5.32 Å². The fraction of sp³-hybridized carbons (Fsp3) is 0.481. The van der Waals surface area contributed by atoms with Gasteiger partial charge in [0, 0.05) is 12.6 Å². The van der Waals surface area contributed by atoms with Crippen molar-refractivity contribution in [2.24, 2.45) is 0 Å². The van der Waals surface area contributed by atoms with E-state index in [0.717, 1.165) is 33.7 Å². The molecule has 0 bridgehead atoms. The van der Waals surface area contributed by atoms with Crippen molar-refractivity contribution in [3.63, 3.8) is 0 Å². The summed E-state index contributed by atoms with van der Waals surface area (Å²) >= 11 is 0. The molecular weight excluding hydrogens is 478 g/mol. The van der Waals surface area contributed by atoms with Crippen molar-refractivity contribution in [2.75, 3.05) is 24.2 Å². The second-order valence-corrected chi connectivity index (χ2v) is 11.0. The first kappa shape index (κ1) is 29.2. The van der Waals surface area contributed by atoms with Crippen molar-refractivity contribution in [1.82, 2.24) is 10.2 Å². The summed E-state index contributed by atoms with van der Waals surface area (Å²) in [6.07, 6.45) is 2.22. The van der Waals surface area contributed by atoms with Crippen molar-refractivity contribution in [3.05, 3.63) is 59.2 Å². The molecule has 2 atom stereocenters. The molecule has 0 saturated carbocycles. The van der Waals surface area contributed by atoms with Crippen LogP contribution in [0.25, 0.3) is 0 Å². The molecule has 0 aromatic heterocycles. The van der Waals surface area contributed by atoms with Crippen LogP contribution in [0.3, 0.4) is 0 Å². The van der Waals surface area contributed by atoms with Crippen LogP contribution in [-0.2, 0) is 26.2 Å². The highest BCUT2D eigenvalue weighted by molar-refractivity contribution is 7.92. The third kappa shape index (κ3) is 7.46. The van der Waals surface area contributed by atoms with E-state index < -0.39 is 28.5 Å². The first-order chi connectivity index (χ1) is 16.9. The second-order valence-electron chi connectivity index (χ2n) is 9.10. The monoisotopic (exact) mass is 517 g/mol. The van der Waals surface area contributed by atoms with Crippen LogP contribution in [0.15, 0.2) is 42.5 Å². The highest BCUT2D eigenvalue weighted by Gasteiger charge is 2.32. The number of carbonyl (C=O) groups is 2. The SMILES string of the molecule is CCC(C)NC(=O)C(CC)N(Cc1ccc(OC)cc1)C(=O)CN(c1cccc(C)c1C)S(C)(=O)=O.